The average Bonchev–Trinajstić information content (AvgIpc) is 2.53. The zero-order valence-corrected chi connectivity index (χ0v) is 15.9. The first-order chi connectivity index (χ1) is 11.5. The molecule has 0 saturated heterocycles. The maximum atomic E-state index is 5.58. The van der Waals surface area contributed by atoms with Crippen LogP contribution in [0.3, 0.4) is 0 Å². The van der Waals surface area contributed by atoms with Gasteiger partial charge in [-0.05, 0) is 37.6 Å². The van der Waals surface area contributed by atoms with Gasteiger partial charge in [-0.25, -0.2) is 0 Å². The van der Waals surface area contributed by atoms with Crippen molar-refractivity contribution in [3.8, 4) is 0 Å². The summed E-state index contributed by atoms with van der Waals surface area (Å²) >= 11 is 0. The molecule has 0 aromatic heterocycles. The third-order valence-corrected chi connectivity index (χ3v) is 3.38. The van der Waals surface area contributed by atoms with Crippen LogP contribution < -0.4 is 10.6 Å². The fraction of sp³-hybridized carbons (Fsp3) is 0.632. The molecule has 5 nitrogen and oxygen atoms in total. The van der Waals surface area contributed by atoms with E-state index in [0.717, 1.165) is 45.2 Å². The summed E-state index contributed by atoms with van der Waals surface area (Å²) in [6.45, 7) is 8.53. The van der Waals surface area contributed by atoms with Crippen molar-refractivity contribution in [2.45, 2.75) is 33.4 Å². The van der Waals surface area contributed by atoms with Gasteiger partial charge in [0.05, 0.1) is 0 Å². The van der Waals surface area contributed by atoms with Crippen LogP contribution in [0.4, 0.5) is 0 Å². The van der Waals surface area contributed by atoms with Gasteiger partial charge >= 0.3 is 0 Å². The smallest absolute Gasteiger partial charge is 0.191 e. The Balaban J connectivity index is 2.29. The van der Waals surface area contributed by atoms with E-state index in [-0.39, 0.29) is 0 Å². The molecule has 1 aromatic rings. The van der Waals surface area contributed by atoms with Crippen LogP contribution in [0.15, 0.2) is 29.3 Å². The van der Waals surface area contributed by atoms with E-state index in [1.54, 1.807) is 7.05 Å². The van der Waals surface area contributed by atoms with Crippen LogP contribution >= 0.6 is 0 Å². The predicted molar refractivity (Wildman–Crippen MR) is 102 cm³/mol. The van der Waals surface area contributed by atoms with Crippen LogP contribution in [0, 0.1) is 5.92 Å². The Morgan fingerprint density at radius 3 is 2.62 bits per heavy atom. The van der Waals surface area contributed by atoms with Gasteiger partial charge in [0.25, 0.3) is 0 Å². The standard InChI is InChI=1S/C19H34N4O/c1-16(2)15-24-11-7-10-21-19(20-3)22-13-17-8-6-9-18(12-17)14-23(4)5/h6,8-9,12,16H,7,10-11,13-15H2,1-5H3,(H2,20,21,22). The minimum Gasteiger partial charge on any atom is -0.381 e. The largest absolute Gasteiger partial charge is 0.381 e. The van der Waals surface area contributed by atoms with E-state index >= 15 is 0 Å². The second kappa shape index (κ2) is 11.9. The van der Waals surface area contributed by atoms with Crippen molar-refractivity contribution in [1.82, 2.24) is 15.5 Å². The number of ether oxygens (including phenoxy) is 1. The number of aliphatic imine (C=N–C) groups is 1. The van der Waals surface area contributed by atoms with Crippen LogP contribution in [0.5, 0.6) is 0 Å². The summed E-state index contributed by atoms with van der Waals surface area (Å²) in [5.74, 6) is 1.42. The van der Waals surface area contributed by atoms with E-state index in [1.165, 1.54) is 11.1 Å². The highest BCUT2D eigenvalue weighted by atomic mass is 16.5. The van der Waals surface area contributed by atoms with Crippen LogP contribution in [0.25, 0.3) is 0 Å². The predicted octanol–water partition coefficient (Wildman–Crippen LogP) is 2.48. The quantitative estimate of drug-likeness (QED) is 0.392. The summed E-state index contributed by atoms with van der Waals surface area (Å²) in [5.41, 5.74) is 2.59. The highest BCUT2D eigenvalue weighted by molar-refractivity contribution is 5.79. The molecular formula is C19H34N4O. The number of nitrogens with one attached hydrogen (secondary N) is 2. The lowest BCUT2D eigenvalue weighted by molar-refractivity contribution is 0.108. The van der Waals surface area contributed by atoms with Crippen LogP contribution in [-0.4, -0.2) is 51.8 Å². The Labute approximate surface area is 147 Å². The number of hydrogen-bond acceptors (Lipinski definition) is 3. The Hall–Kier alpha value is -1.59. The van der Waals surface area contributed by atoms with Gasteiger partial charge in [0.2, 0.25) is 0 Å². The Kier molecular flexibility index (Phi) is 10.1. The molecule has 2 N–H and O–H groups in total. The first-order valence-corrected chi connectivity index (χ1v) is 8.76. The minimum absolute atomic E-state index is 0.593. The second-order valence-electron chi connectivity index (χ2n) is 6.73. The summed E-state index contributed by atoms with van der Waals surface area (Å²) in [7, 11) is 5.97. The molecule has 0 amide bonds. The highest BCUT2D eigenvalue weighted by Gasteiger charge is 2.01. The molecule has 0 heterocycles. The highest BCUT2D eigenvalue weighted by Crippen LogP contribution is 2.06. The molecule has 24 heavy (non-hydrogen) atoms. The summed E-state index contributed by atoms with van der Waals surface area (Å²) in [6.07, 6.45) is 0.978. The zero-order valence-electron chi connectivity index (χ0n) is 15.9. The van der Waals surface area contributed by atoms with Gasteiger partial charge in [-0.2, -0.15) is 0 Å². The summed E-state index contributed by atoms with van der Waals surface area (Å²) < 4.78 is 5.58. The fourth-order valence-electron chi connectivity index (χ4n) is 2.31. The molecule has 0 bridgehead atoms. The monoisotopic (exact) mass is 334 g/mol. The molecule has 0 atom stereocenters. The van der Waals surface area contributed by atoms with Gasteiger partial charge in [-0.1, -0.05) is 38.1 Å². The molecule has 0 aliphatic heterocycles. The zero-order chi connectivity index (χ0) is 17.8. The molecule has 1 rings (SSSR count). The number of hydrogen-bond donors (Lipinski definition) is 2. The van der Waals surface area contributed by atoms with Gasteiger partial charge in [0.1, 0.15) is 0 Å². The number of nitrogens with zero attached hydrogens (tertiary/aromatic N) is 2. The lowest BCUT2D eigenvalue weighted by Crippen LogP contribution is -2.37. The normalized spacial score (nSPS) is 12.0. The second-order valence-corrected chi connectivity index (χ2v) is 6.73. The number of rotatable bonds is 10. The van der Waals surface area contributed by atoms with Crippen LogP contribution in [-0.2, 0) is 17.8 Å². The van der Waals surface area contributed by atoms with Gasteiger partial charge in [0.15, 0.2) is 5.96 Å². The first kappa shape index (κ1) is 20.5. The van der Waals surface area contributed by atoms with E-state index in [4.69, 9.17) is 4.74 Å². The molecule has 5 heteroatoms. The molecule has 0 radical (unpaired) electrons. The van der Waals surface area contributed by atoms with Crippen molar-refractivity contribution >= 4 is 5.96 Å². The minimum atomic E-state index is 0.593. The summed E-state index contributed by atoms with van der Waals surface area (Å²) in [5, 5.41) is 6.69. The third-order valence-electron chi connectivity index (χ3n) is 3.38. The van der Waals surface area contributed by atoms with Crippen molar-refractivity contribution in [2.75, 3.05) is 40.9 Å². The lowest BCUT2D eigenvalue weighted by atomic mass is 10.1. The van der Waals surface area contributed by atoms with Gasteiger partial charge in [0, 0.05) is 39.9 Å². The topological polar surface area (TPSA) is 48.9 Å². The maximum absolute atomic E-state index is 5.58. The van der Waals surface area contributed by atoms with Crippen molar-refractivity contribution in [3.63, 3.8) is 0 Å². The average molecular weight is 335 g/mol. The van der Waals surface area contributed by atoms with Gasteiger partial charge in [-0.15, -0.1) is 0 Å². The van der Waals surface area contributed by atoms with Crippen molar-refractivity contribution in [2.24, 2.45) is 10.9 Å². The molecule has 0 aliphatic carbocycles. The molecule has 0 unspecified atom stereocenters. The van der Waals surface area contributed by atoms with E-state index in [2.05, 4.69) is 72.7 Å². The molecular weight excluding hydrogens is 300 g/mol. The maximum Gasteiger partial charge on any atom is 0.191 e. The van der Waals surface area contributed by atoms with E-state index in [0.29, 0.717) is 5.92 Å². The Morgan fingerprint density at radius 1 is 1.21 bits per heavy atom. The number of guanidine groups is 1. The van der Waals surface area contributed by atoms with Crippen LogP contribution in [0.2, 0.25) is 0 Å². The third kappa shape index (κ3) is 9.53. The summed E-state index contributed by atoms with van der Waals surface area (Å²) in [6, 6.07) is 8.64. The van der Waals surface area contributed by atoms with Gasteiger partial charge < -0.3 is 20.3 Å². The Bertz CT molecular complexity index is 486. The Morgan fingerprint density at radius 2 is 1.96 bits per heavy atom. The lowest BCUT2D eigenvalue weighted by Gasteiger charge is -2.14. The number of benzene rings is 1. The van der Waals surface area contributed by atoms with Crippen LogP contribution in [0.1, 0.15) is 31.4 Å². The summed E-state index contributed by atoms with van der Waals surface area (Å²) in [4.78, 5) is 6.44. The van der Waals surface area contributed by atoms with Crippen molar-refractivity contribution in [1.29, 1.82) is 0 Å². The molecule has 0 saturated carbocycles. The van der Waals surface area contributed by atoms with E-state index < -0.39 is 0 Å². The molecule has 0 aliphatic rings. The SMILES string of the molecule is CN=C(NCCCOCC(C)C)NCc1cccc(CN(C)C)c1. The van der Waals surface area contributed by atoms with E-state index in [9.17, 15) is 0 Å². The molecule has 0 fully saturated rings. The van der Waals surface area contributed by atoms with E-state index in [1.807, 2.05) is 0 Å². The van der Waals surface area contributed by atoms with Gasteiger partial charge in [-0.3, -0.25) is 4.99 Å². The van der Waals surface area contributed by atoms with Crippen molar-refractivity contribution < 1.29 is 4.74 Å². The van der Waals surface area contributed by atoms with Crippen molar-refractivity contribution in [3.05, 3.63) is 35.4 Å². The molecule has 136 valence electrons. The molecule has 1 aromatic carbocycles. The fourth-order valence-corrected chi connectivity index (χ4v) is 2.31. The molecule has 0 spiro atoms. The first-order valence-electron chi connectivity index (χ1n) is 8.76.